The highest BCUT2D eigenvalue weighted by Gasteiger charge is 2.21. The van der Waals surface area contributed by atoms with E-state index in [2.05, 4.69) is 34.3 Å². The van der Waals surface area contributed by atoms with Gasteiger partial charge in [-0.1, -0.05) is 0 Å². The van der Waals surface area contributed by atoms with E-state index in [1.807, 2.05) is 11.0 Å². The van der Waals surface area contributed by atoms with E-state index < -0.39 is 0 Å². The Balaban J connectivity index is 1.58. The Bertz CT molecular complexity index is 556. The number of aliphatic hydroxyl groups is 1. The molecule has 1 aromatic rings. The second kappa shape index (κ2) is 7.19. The molecule has 6 heteroatoms. The average Bonchev–Trinajstić information content (AvgIpc) is 2.56. The second-order valence-electron chi connectivity index (χ2n) is 6.35. The monoisotopic (exact) mass is 318 g/mol. The van der Waals surface area contributed by atoms with Gasteiger partial charge in [0.2, 0.25) is 0 Å². The summed E-state index contributed by atoms with van der Waals surface area (Å²) in [4.78, 5) is 18.7. The molecule has 2 aliphatic heterocycles. The summed E-state index contributed by atoms with van der Waals surface area (Å²) < 4.78 is 0. The first-order chi connectivity index (χ1) is 11.2. The van der Waals surface area contributed by atoms with E-state index in [0.717, 1.165) is 38.2 Å². The highest BCUT2D eigenvalue weighted by atomic mass is 16.3. The van der Waals surface area contributed by atoms with Gasteiger partial charge in [-0.15, -0.1) is 0 Å². The molecule has 2 amide bonds. The van der Waals surface area contributed by atoms with Gasteiger partial charge in [-0.3, -0.25) is 4.90 Å². The van der Waals surface area contributed by atoms with E-state index in [4.69, 9.17) is 5.11 Å². The number of urea groups is 1. The minimum absolute atomic E-state index is 0.0298. The SMILES string of the molecule is CN1CCCc2cc(NC(=O)N3CCN(CCO)CC3)ccc21. The maximum Gasteiger partial charge on any atom is 0.321 e. The molecular weight excluding hydrogens is 292 g/mol. The van der Waals surface area contributed by atoms with Crippen molar-refractivity contribution in [3.05, 3.63) is 23.8 Å². The molecule has 6 nitrogen and oxygen atoms in total. The number of anilines is 2. The van der Waals surface area contributed by atoms with Gasteiger partial charge in [-0.2, -0.15) is 0 Å². The Labute approximate surface area is 137 Å². The molecule has 0 aromatic heterocycles. The highest BCUT2D eigenvalue weighted by molar-refractivity contribution is 5.90. The fourth-order valence-corrected chi connectivity index (χ4v) is 3.38. The number of carbonyl (C=O) groups excluding carboxylic acids is 1. The Hall–Kier alpha value is -1.79. The fraction of sp³-hybridized carbons (Fsp3) is 0.588. The first-order valence-corrected chi connectivity index (χ1v) is 8.40. The number of hydrogen-bond donors (Lipinski definition) is 2. The minimum Gasteiger partial charge on any atom is -0.395 e. The molecular formula is C17H26N4O2. The standard InChI is InChI=1S/C17H26N4O2/c1-19-6-2-3-14-13-15(4-5-16(14)19)18-17(23)21-9-7-20(8-10-21)11-12-22/h4-5,13,22H,2-3,6-12H2,1H3,(H,18,23). The van der Waals surface area contributed by atoms with Gasteiger partial charge >= 0.3 is 6.03 Å². The number of nitrogens with zero attached hydrogens (tertiary/aromatic N) is 3. The number of fused-ring (bicyclic) bond motifs is 1. The maximum atomic E-state index is 12.4. The minimum atomic E-state index is -0.0298. The Morgan fingerprint density at radius 3 is 2.74 bits per heavy atom. The smallest absolute Gasteiger partial charge is 0.321 e. The summed E-state index contributed by atoms with van der Waals surface area (Å²) in [6.07, 6.45) is 2.23. The van der Waals surface area contributed by atoms with Crippen molar-refractivity contribution in [1.82, 2.24) is 9.80 Å². The molecule has 126 valence electrons. The van der Waals surface area contributed by atoms with E-state index in [0.29, 0.717) is 19.6 Å². The number of amides is 2. The van der Waals surface area contributed by atoms with Gasteiger partial charge in [0.25, 0.3) is 0 Å². The van der Waals surface area contributed by atoms with Crippen molar-refractivity contribution in [2.45, 2.75) is 12.8 Å². The number of hydrogen-bond acceptors (Lipinski definition) is 4. The van der Waals surface area contributed by atoms with Crippen molar-refractivity contribution >= 4 is 17.4 Å². The average molecular weight is 318 g/mol. The third-order valence-electron chi connectivity index (χ3n) is 4.76. The molecule has 0 radical (unpaired) electrons. The molecule has 2 N–H and O–H groups in total. The maximum absolute atomic E-state index is 12.4. The third kappa shape index (κ3) is 3.76. The molecule has 0 unspecified atom stereocenters. The predicted octanol–water partition coefficient (Wildman–Crippen LogP) is 1.21. The number of aliphatic hydroxyl groups excluding tert-OH is 1. The molecule has 2 heterocycles. The number of carbonyl (C=O) groups is 1. The molecule has 0 atom stereocenters. The van der Waals surface area contributed by atoms with Crippen LogP contribution in [0.25, 0.3) is 0 Å². The largest absolute Gasteiger partial charge is 0.395 e. The summed E-state index contributed by atoms with van der Waals surface area (Å²) in [6, 6.07) is 6.16. The Kier molecular flexibility index (Phi) is 5.03. The van der Waals surface area contributed by atoms with E-state index in [9.17, 15) is 4.79 Å². The Morgan fingerprint density at radius 2 is 2.00 bits per heavy atom. The molecule has 3 rings (SSSR count). The van der Waals surface area contributed by atoms with Crippen LogP contribution in [0.15, 0.2) is 18.2 Å². The van der Waals surface area contributed by atoms with Gasteiger partial charge in [0.15, 0.2) is 0 Å². The van der Waals surface area contributed by atoms with Crippen LogP contribution >= 0.6 is 0 Å². The zero-order valence-corrected chi connectivity index (χ0v) is 13.8. The molecule has 0 bridgehead atoms. The first-order valence-electron chi connectivity index (χ1n) is 8.40. The predicted molar refractivity (Wildman–Crippen MR) is 92.2 cm³/mol. The second-order valence-corrected chi connectivity index (χ2v) is 6.35. The molecule has 1 saturated heterocycles. The van der Waals surface area contributed by atoms with Gasteiger partial charge in [0, 0.05) is 57.7 Å². The Morgan fingerprint density at radius 1 is 1.22 bits per heavy atom. The number of rotatable bonds is 3. The number of piperazine rings is 1. The summed E-state index contributed by atoms with van der Waals surface area (Å²) in [7, 11) is 2.11. The number of β-amino-alcohol motifs (C(OH)–C–C–N with tert-alkyl or cyclic N) is 1. The van der Waals surface area contributed by atoms with Crippen molar-refractivity contribution in [3.8, 4) is 0 Å². The molecule has 1 fully saturated rings. The van der Waals surface area contributed by atoms with Crippen LogP contribution in [-0.2, 0) is 6.42 Å². The quantitative estimate of drug-likeness (QED) is 0.879. The van der Waals surface area contributed by atoms with Crippen LogP contribution in [0.5, 0.6) is 0 Å². The summed E-state index contributed by atoms with van der Waals surface area (Å²) >= 11 is 0. The van der Waals surface area contributed by atoms with Crippen molar-refractivity contribution in [2.24, 2.45) is 0 Å². The van der Waals surface area contributed by atoms with Crippen molar-refractivity contribution in [1.29, 1.82) is 0 Å². The molecule has 2 aliphatic rings. The summed E-state index contributed by atoms with van der Waals surface area (Å²) in [5, 5.41) is 12.0. The van der Waals surface area contributed by atoms with Crippen LogP contribution in [0.2, 0.25) is 0 Å². The summed E-state index contributed by atoms with van der Waals surface area (Å²) in [5.41, 5.74) is 3.46. The first kappa shape index (κ1) is 16.1. The number of aryl methyl sites for hydroxylation is 1. The van der Waals surface area contributed by atoms with Crippen LogP contribution in [-0.4, -0.2) is 73.9 Å². The number of benzene rings is 1. The van der Waals surface area contributed by atoms with Gasteiger partial charge in [-0.25, -0.2) is 4.79 Å². The summed E-state index contributed by atoms with van der Waals surface area (Å²) in [6.45, 7) is 5.02. The lowest BCUT2D eigenvalue weighted by Crippen LogP contribution is -2.50. The van der Waals surface area contributed by atoms with Crippen LogP contribution in [0, 0.1) is 0 Å². The van der Waals surface area contributed by atoms with E-state index >= 15 is 0 Å². The fourth-order valence-electron chi connectivity index (χ4n) is 3.38. The topological polar surface area (TPSA) is 59.1 Å². The van der Waals surface area contributed by atoms with Crippen LogP contribution < -0.4 is 10.2 Å². The summed E-state index contributed by atoms with van der Waals surface area (Å²) in [5.74, 6) is 0. The molecule has 23 heavy (non-hydrogen) atoms. The number of nitrogens with one attached hydrogen (secondary N) is 1. The van der Waals surface area contributed by atoms with E-state index in [1.165, 1.54) is 11.3 Å². The highest BCUT2D eigenvalue weighted by Crippen LogP contribution is 2.28. The lowest BCUT2D eigenvalue weighted by atomic mass is 10.0. The van der Waals surface area contributed by atoms with Crippen molar-refractivity contribution in [3.63, 3.8) is 0 Å². The van der Waals surface area contributed by atoms with Gasteiger partial charge in [-0.05, 0) is 36.6 Å². The van der Waals surface area contributed by atoms with Gasteiger partial charge < -0.3 is 20.2 Å². The molecule has 1 aromatic carbocycles. The van der Waals surface area contributed by atoms with Crippen molar-refractivity contribution in [2.75, 3.05) is 63.1 Å². The van der Waals surface area contributed by atoms with Gasteiger partial charge in [0.05, 0.1) is 6.61 Å². The third-order valence-corrected chi connectivity index (χ3v) is 4.76. The lowest BCUT2D eigenvalue weighted by Gasteiger charge is -2.34. The normalized spacial score (nSPS) is 18.7. The van der Waals surface area contributed by atoms with Crippen LogP contribution in [0.3, 0.4) is 0 Å². The van der Waals surface area contributed by atoms with Gasteiger partial charge in [0.1, 0.15) is 0 Å². The van der Waals surface area contributed by atoms with Crippen LogP contribution in [0.1, 0.15) is 12.0 Å². The van der Waals surface area contributed by atoms with Crippen molar-refractivity contribution < 1.29 is 9.90 Å². The molecule has 0 aliphatic carbocycles. The molecule has 0 saturated carbocycles. The zero-order valence-electron chi connectivity index (χ0n) is 13.8. The van der Waals surface area contributed by atoms with Crippen LogP contribution in [0.4, 0.5) is 16.2 Å². The zero-order chi connectivity index (χ0) is 16.2. The lowest BCUT2D eigenvalue weighted by molar-refractivity contribution is 0.127. The molecule has 0 spiro atoms. The van der Waals surface area contributed by atoms with E-state index in [1.54, 1.807) is 0 Å². The van der Waals surface area contributed by atoms with E-state index in [-0.39, 0.29) is 12.6 Å².